The van der Waals surface area contributed by atoms with E-state index < -0.39 is 0 Å². The van der Waals surface area contributed by atoms with Crippen LogP contribution in [0.3, 0.4) is 0 Å². The van der Waals surface area contributed by atoms with E-state index in [2.05, 4.69) is 19.9 Å². The fraction of sp³-hybridized carbons (Fsp3) is 0.611. The SMILES string of the molecule is CC.CCCCCCc1cc(C)cc2c1OCCC2=O. The van der Waals surface area contributed by atoms with E-state index in [0.29, 0.717) is 13.0 Å². The molecule has 112 valence electrons. The van der Waals surface area contributed by atoms with E-state index in [1.807, 2.05) is 19.9 Å². The Bertz CT molecular complexity index is 435. The first-order valence-corrected chi connectivity index (χ1v) is 8.02. The Labute approximate surface area is 123 Å². The third kappa shape index (κ3) is 4.36. The van der Waals surface area contributed by atoms with Gasteiger partial charge in [0.1, 0.15) is 5.75 Å². The highest BCUT2D eigenvalue weighted by Gasteiger charge is 2.21. The lowest BCUT2D eigenvalue weighted by atomic mass is 9.95. The Morgan fingerprint density at radius 3 is 2.60 bits per heavy atom. The molecule has 0 aliphatic carbocycles. The van der Waals surface area contributed by atoms with Gasteiger partial charge in [0, 0.05) is 6.42 Å². The van der Waals surface area contributed by atoms with Crippen molar-refractivity contribution in [2.75, 3.05) is 6.61 Å². The molecular weight excluding hydrogens is 248 g/mol. The second-order valence-electron chi connectivity index (χ2n) is 5.13. The molecule has 1 aliphatic heterocycles. The molecule has 1 aliphatic rings. The molecule has 2 rings (SSSR count). The fourth-order valence-corrected chi connectivity index (χ4v) is 2.53. The Morgan fingerprint density at radius 2 is 1.90 bits per heavy atom. The van der Waals surface area contributed by atoms with Crippen molar-refractivity contribution >= 4 is 5.78 Å². The summed E-state index contributed by atoms with van der Waals surface area (Å²) in [7, 11) is 0. The minimum Gasteiger partial charge on any atom is -0.492 e. The van der Waals surface area contributed by atoms with Crippen LogP contribution in [-0.2, 0) is 6.42 Å². The van der Waals surface area contributed by atoms with Crippen LogP contribution < -0.4 is 4.74 Å². The summed E-state index contributed by atoms with van der Waals surface area (Å²) in [6, 6.07) is 4.13. The summed E-state index contributed by atoms with van der Waals surface area (Å²) >= 11 is 0. The van der Waals surface area contributed by atoms with Crippen molar-refractivity contribution in [2.24, 2.45) is 0 Å². The van der Waals surface area contributed by atoms with Crippen molar-refractivity contribution in [1.29, 1.82) is 0 Å². The minimum atomic E-state index is 0.231. The van der Waals surface area contributed by atoms with Crippen LogP contribution in [0.15, 0.2) is 12.1 Å². The number of ketones is 1. The molecule has 20 heavy (non-hydrogen) atoms. The summed E-state index contributed by atoms with van der Waals surface area (Å²) in [5, 5.41) is 0. The number of rotatable bonds is 5. The molecule has 2 nitrogen and oxygen atoms in total. The van der Waals surface area contributed by atoms with Crippen molar-refractivity contribution in [3.05, 3.63) is 28.8 Å². The first-order chi connectivity index (χ1) is 9.72. The molecule has 1 aromatic carbocycles. The van der Waals surface area contributed by atoms with Gasteiger partial charge in [0.25, 0.3) is 0 Å². The van der Waals surface area contributed by atoms with Gasteiger partial charge in [-0.15, -0.1) is 0 Å². The Kier molecular flexibility index (Phi) is 7.35. The average Bonchev–Trinajstić information content (AvgIpc) is 2.47. The summed E-state index contributed by atoms with van der Waals surface area (Å²) in [4.78, 5) is 11.9. The summed E-state index contributed by atoms with van der Waals surface area (Å²) < 4.78 is 5.72. The second kappa shape index (κ2) is 8.78. The smallest absolute Gasteiger partial charge is 0.170 e. The third-order valence-electron chi connectivity index (χ3n) is 3.49. The number of benzene rings is 1. The third-order valence-corrected chi connectivity index (χ3v) is 3.49. The lowest BCUT2D eigenvalue weighted by Gasteiger charge is -2.20. The van der Waals surface area contributed by atoms with Crippen LogP contribution in [0.1, 0.15) is 74.4 Å². The lowest BCUT2D eigenvalue weighted by molar-refractivity contribution is 0.0932. The van der Waals surface area contributed by atoms with Crippen molar-refractivity contribution in [3.8, 4) is 5.75 Å². The summed E-state index contributed by atoms with van der Waals surface area (Å²) in [5.41, 5.74) is 3.18. The van der Waals surface area contributed by atoms with Crippen molar-refractivity contribution in [2.45, 2.75) is 66.2 Å². The van der Waals surface area contributed by atoms with E-state index in [9.17, 15) is 4.79 Å². The van der Waals surface area contributed by atoms with E-state index in [1.165, 1.54) is 31.2 Å². The largest absolute Gasteiger partial charge is 0.492 e. The quantitative estimate of drug-likeness (QED) is 0.699. The van der Waals surface area contributed by atoms with Gasteiger partial charge in [-0.3, -0.25) is 4.79 Å². The van der Waals surface area contributed by atoms with Crippen LogP contribution in [0, 0.1) is 6.92 Å². The van der Waals surface area contributed by atoms with Crippen LogP contribution in [-0.4, -0.2) is 12.4 Å². The monoisotopic (exact) mass is 276 g/mol. The minimum absolute atomic E-state index is 0.231. The predicted molar refractivity (Wildman–Crippen MR) is 84.8 cm³/mol. The van der Waals surface area contributed by atoms with Gasteiger partial charge in [0.05, 0.1) is 12.2 Å². The first-order valence-electron chi connectivity index (χ1n) is 8.02. The normalized spacial score (nSPS) is 13.1. The molecule has 0 saturated heterocycles. The summed E-state index contributed by atoms with van der Waals surface area (Å²) in [6.07, 6.45) is 6.52. The van der Waals surface area contributed by atoms with Gasteiger partial charge in [-0.2, -0.15) is 0 Å². The highest BCUT2D eigenvalue weighted by molar-refractivity contribution is 6.00. The van der Waals surface area contributed by atoms with Gasteiger partial charge in [-0.05, 0) is 37.0 Å². The molecular formula is C18H28O2. The highest BCUT2D eigenvalue weighted by atomic mass is 16.5. The molecule has 0 N–H and O–H groups in total. The number of carbonyl (C=O) groups is 1. The number of hydrogen-bond acceptors (Lipinski definition) is 2. The van der Waals surface area contributed by atoms with Crippen LogP contribution in [0.25, 0.3) is 0 Å². The van der Waals surface area contributed by atoms with E-state index >= 15 is 0 Å². The number of carbonyl (C=O) groups excluding carboxylic acids is 1. The maximum absolute atomic E-state index is 11.9. The molecule has 1 heterocycles. The van der Waals surface area contributed by atoms with Crippen LogP contribution in [0.2, 0.25) is 0 Å². The van der Waals surface area contributed by atoms with Gasteiger partial charge >= 0.3 is 0 Å². The van der Waals surface area contributed by atoms with Gasteiger partial charge in [-0.1, -0.05) is 46.1 Å². The molecule has 1 aromatic rings. The topological polar surface area (TPSA) is 26.3 Å². The second-order valence-corrected chi connectivity index (χ2v) is 5.13. The average molecular weight is 276 g/mol. The molecule has 0 bridgehead atoms. The highest BCUT2D eigenvalue weighted by Crippen LogP contribution is 2.31. The van der Waals surface area contributed by atoms with Gasteiger partial charge in [0.2, 0.25) is 0 Å². The maximum Gasteiger partial charge on any atom is 0.170 e. The number of fused-ring (bicyclic) bond motifs is 1. The molecule has 0 atom stereocenters. The standard InChI is InChI=1S/C16H22O2.C2H6/c1-3-4-5-6-7-13-10-12(2)11-14-15(17)8-9-18-16(13)14;1-2/h10-11H,3-9H2,1-2H3;1-2H3. The van der Waals surface area contributed by atoms with Crippen LogP contribution >= 0.6 is 0 Å². The van der Waals surface area contributed by atoms with Gasteiger partial charge in [-0.25, -0.2) is 0 Å². The lowest BCUT2D eigenvalue weighted by Crippen LogP contribution is -2.17. The molecule has 0 radical (unpaired) electrons. The van der Waals surface area contributed by atoms with Crippen molar-refractivity contribution < 1.29 is 9.53 Å². The van der Waals surface area contributed by atoms with Crippen LogP contribution in [0.4, 0.5) is 0 Å². The Hall–Kier alpha value is -1.31. The molecule has 2 heteroatoms. The Balaban J connectivity index is 0.000000956. The summed E-state index contributed by atoms with van der Waals surface area (Å²) in [5.74, 6) is 1.09. The molecule has 0 unspecified atom stereocenters. The van der Waals surface area contributed by atoms with E-state index in [0.717, 1.165) is 23.3 Å². The zero-order valence-corrected chi connectivity index (χ0v) is 13.4. The zero-order valence-electron chi connectivity index (χ0n) is 13.4. The van der Waals surface area contributed by atoms with Crippen LogP contribution in [0.5, 0.6) is 5.75 Å². The van der Waals surface area contributed by atoms with Gasteiger partial charge < -0.3 is 4.74 Å². The number of Topliss-reactive ketones (excluding diaryl/α,β-unsaturated/α-hetero) is 1. The molecule has 0 amide bonds. The number of unbranched alkanes of at least 4 members (excludes halogenated alkanes) is 3. The molecule has 0 saturated carbocycles. The Morgan fingerprint density at radius 1 is 1.15 bits per heavy atom. The first kappa shape index (κ1) is 16.7. The van der Waals surface area contributed by atoms with Gasteiger partial charge in [0.15, 0.2) is 5.78 Å². The predicted octanol–water partition coefficient (Wildman–Crippen LogP) is 5.11. The molecule has 0 spiro atoms. The maximum atomic E-state index is 11.9. The van der Waals surface area contributed by atoms with Crippen molar-refractivity contribution in [1.82, 2.24) is 0 Å². The summed E-state index contributed by atoms with van der Waals surface area (Å²) in [6.45, 7) is 8.81. The molecule has 0 fully saturated rings. The fourth-order valence-electron chi connectivity index (χ4n) is 2.53. The number of hydrogen-bond donors (Lipinski definition) is 0. The van der Waals surface area contributed by atoms with E-state index in [4.69, 9.17) is 4.74 Å². The number of ether oxygens (including phenoxy) is 1. The van der Waals surface area contributed by atoms with E-state index in [-0.39, 0.29) is 5.78 Å². The molecule has 0 aromatic heterocycles. The zero-order chi connectivity index (χ0) is 15.0. The number of aryl methyl sites for hydroxylation is 2. The van der Waals surface area contributed by atoms with E-state index in [1.54, 1.807) is 0 Å². The van der Waals surface area contributed by atoms with Crippen molar-refractivity contribution in [3.63, 3.8) is 0 Å².